The highest BCUT2D eigenvalue weighted by molar-refractivity contribution is 5.94. The maximum absolute atomic E-state index is 12.5. The smallest absolute Gasteiger partial charge is 0.241 e. The first-order chi connectivity index (χ1) is 11.0. The van der Waals surface area contributed by atoms with E-state index in [2.05, 4.69) is 29.2 Å². The van der Waals surface area contributed by atoms with Crippen LogP contribution in [0.1, 0.15) is 19.8 Å². The van der Waals surface area contributed by atoms with Gasteiger partial charge in [-0.3, -0.25) is 9.69 Å². The second kappa shape index (κ2) is 6.76. The van der Waals surface area contributed by atoms with Crippen molar-refractivity contribution in [2.24, 2.45) is 0 Å². The summed E-state index contributed by atoms with van der Waals surface area (Å²) in [6.07, 6.45) is 2.32. The van der Waals surface area contributed by atoms with Gasteiger partial charge in [0.05, 0.1) is 6.04 Å². The summed E-state index contributed by atoms with van der Waals surface area (Å²) in [4.78, 5) is 17.1. The third kappa shape index (κ3) is 3.59. The fourth-order valence-corrected chi connectivity index (χ4v) is 3.14. The number of rotatable bonds is 4. The van der Waals surface area contributed by atoms with Gasteiger partial charge >= 0.3 is 0 Å². The molecule has 0 spiro atoms. The molecule has 0 saturated carbocycles. The standard InChI is InChI=1S/C17H25N3O3/c1-12(20-8-4-5-14(10-20)19(2)3)17(21)18-13-6-7-15-16(9-13)23-11-22-15/h6-7,9,12,14H,4-5,8,10-11H2,1-3H3,(H,18,21). The Morgan fingerprint density at radius 1 is 1.35 bits per heavy atom. The average molecular weight is 319 g/mol. The van der Waals surface area contributed by atoms with Crippen LogP contribution in [0.2, 0.25) is 0 Å². The van der Waals surface area contributed by atoms with Crippen molar-refractivity contribution in [2.75, 3.05) is 39.3 Å². The lowest BCUT2D eigenvalue weighted by molar-refractivity contribution is -0.121. The van der Waals surface area contributed by atoms with Crippen molar-refractivity contribution in [3.05, 3.63) is 18.2 Å². The summed E-state index contributed by atoms with van der Waals surface area (Å²) < 4.78 is 10.6. The molecule has 1 saturated heterocycles. The molecule has 0 aromatic heterocycles. The molecular formula is C17H25N3O3. The highest BCUT2D eigenvalue weighted by Gasteiger charge is 2.28. The van der Waals surface area contributed by atoms with Crippen LogP contribution in [0.3, 0.4) is 0 Å². The minimum absolute atomic E-state index is 0.0169. The Kier molecular flexibility index (Phi) is 4.73. The fourth-order valence-electron chi connectivity index (χ4n) is 3.14. The molecule has 2 atom stereocenters. The molecule has 1 N–H and O–H groups in total. The molecule has 2 heterocycles. The summed E-state index contributed by atoms with van der Waals surface area (Å²) in [5.74, 6) is 1.42. The highest BCUT2D eigenvalue weighted by Crippen LogP contribution is 2.34. The van der Waals surface area contributed by atoms with Crippen LogP contribution in [-0.2, 0) is 4.79 Å². The molecule has 2 unspecified atom stereocenters. The monoisotopic (exact) mass is 319 g/mol. The SMILES string of the molecule is CC(C(=O)Nc1ccc2c(c1)OCO2)N1CCCC(N(C)C)C1. The molecule has 6 heteroatoms. The van der Waals surface area contributed by atoms with Gasteiger partial charge in [0.25, 0.3) is 0 Å². The molecule has 23 heavy (non-hydrogen) atoms. The summed E-state index contributed by atoms with van der Waals surface area (Å²) >= 11 is 0. The molecule has 126 valence electrons. The topological polar surface area (TPSA) is 54.0 Å². The molecular weight excluding hydrogens is 294 g/mol. The van der Waals surface area contributed by atoms with Crippen molar-refractivity contribution in [1.82, 2.24) is 9.80 Å². The van der Waals surface area contributed by atoms with Gasteiger partial charge in [0, 0.05) is 24.3 Å². The molecule has 0 bridgehead atoms. The van der Waals surface area contributed by atoms with E-state index in [1.165, 1.54) is 6.42 Å². The van der Waals surface area contributed by atoms with E-state index in [4.69, 9.17) is 9.47 Å². The number of nitrogens with one attached hydrogen (secondary N) is 1. The van der Waals surface area contributed by atoms with Crippen molar-refractivity contribution >= 4 is 11.6 Å². The van der Waals surface area contributed by atoms with Crippen molar-refractivity contribution in [3.8, 4) is 11.5 Å². The first kappa shape index (κ1) is 16.1. The summed E-state index contributed by atoms with van der Waals surface area (Å²) in [5.41, 5.74) is 0.743. The highest BCUT2D eigenvalue weighted by atomic mass is 16.7. The molecule has 1 aromatic rings. The number of anilines is 1. The molecule has 1 fully saturated rings. The predicted octanol–water partition coefficient (Wildman–Crippen LogP) is 1.77. The maximum Gasteiger partial charge on any atom is 0.241 e. The third-order valence-corrected chi connectivity index (χ3v) is 4.73. The van der Waals surface area contributed by atoms with Gasteiger partial charge in [0.15, 0.2) is 11.5 Å². The van der Waals surface area contributed by atoms with E-state index in [0.717, 1.165) is 30.9 Å². The molecule has 3 rings (SSSR count). The lowest BCUT2D eigenvalue weighted by Gasteiger charge is -2.38. The minimum atomic E-state index is -0.150. The van der Waals surface area contributed by atoms with Crippen LogP contribution in [0.25, 0.3) is 0 Å². The molecule has 6 nitrogen and oxygen atoms in total. The van der Waals surface area contributed by atoms with Crippen LogP contribution in [-0.4, -0.2) is 61.8 Å². The first-order valence-electron chi connectivity index (χ1n) is 8.15. The Morgan fingerprint density at radius 3 is 2.91 bits per heavy atom. The first-order valence-corrected chi connectivity index (χ1v) is 8.15. The van der Waals surface area contributed by atoms with Gasteiger partial charge in [-0.2, -0.15) is 0 Å². The van der Waals surface area contributed by atoms with Gasteiger partial charge in [0.1, 0.15) is 0 Å². The summed E-state index contributed by atoms with van der Waals surface area (Å²) in [7, 11) is 4.21. The number of hydrogen-bond acceptors (Lipinski definition) is 5. The number of nitrogens with zero attached hydrogens (tertiary/aromatic N) is 2. The average Bonchev–Trinajstić information content (AvgIpc) is 3.01. The van der Waals surface area contributed by atoms with Crippen LogP contribution in [0.15, 0.2) is 18.2 Å². The number of fused-ring (bicyclic) bond motifs is 1. The number of benzene rings is 1. The second-order valence-electron chi connectivity index (χ2n) is 6.49. The van der Waals surface area contributed by atoms with E-state index in [9.17, 15) is 4.79 Å². The van der Waals surface area contributed by atoms with Crippen LogP contribution >= 0.6 is 0 Å². The number of likely N-dealkylation sites (tertiary alicyclic amines) is 1. The Bertz CT molecular complexity index is 576. The maximum atomic E-state index is 12.5. The van der Waals surface area contributed by atoms with Crippen molar-refractivity contribution in [2.45, 2.75) is 31.8 Å². The van der Waals surface area contributed by atoms with Gasteiger partial charge in [-0.05, 0) is 52.5 Å². The van der Waals surface area contributed by atoms with Crippen molar-refractivity contribution in [3.63, 3.8) is 0 Å². The number of ether oxygens (including phenoxy) is 2. The predicted molar refractivity (Wildman–Crippen MR) is 88.9 cm³/mol. The Balaban J connectivity index is 1.61. The third-order valence-electron chi connectivity index (χ3n) is 4.73. The number of piperidine rings is 1. The Hall–Kier alpha value is -1.79. The number of hydrogen-bond donors (Lipinski definition) is 1. The van der Waals surface area contributed by atoms with Gasteiger partial charge < -0.3 is 19.7 Å². The molecule has 0 radical (unpaired) electrons. The molecule has 0 aliphatic carbocycles. The quantitative estimate of drug-likeness (QED) is 0.917. The van der Waals surface area contributed by atoms with Crippen molar-refractivity contribution in [1.29, 1.82) is 0 Å². The van der Waals surface area contributed by atoms with Crippen LogP contribution in [0.5, 0.6) is 11.5 Å². The fraction of sp³-hybridized carbons (Fsp3) is 0.588. The summed E-state index contributed by atoms with van der Waals surface area (Å²) in [6.45, 7) is 4.12. The lowest BCUT2D eigenvalue weighted by atomic mass is 10.0. The Morgan fingerprint density at radius 2 is 2.13 bits per heavy atom. The molecule has 1 amide bonds. The number of carbonyl (C=O) groups is 1. The Labute approximate surface area is 137 Å². The second-order valence-corrected chi connectivity index (χ2v) is 6.49. The van der Waals surface area contributed by atoms with E-state index >= 15 is 0 Å². The van der Waals surface area contributed by atoms with E-state index in [-0.39, 0.29) is 18.7 Å². The number of likely N-dealkylation sites (N-methyl/N-ethyl adjacent to an activating group) is 1. The molecule has 2 aliphatic heterocycles. The van der Waals surface area contributed by atoms with Gasteiger partial charge in [-0.25, -0.2) is 0 Å². The van der Waals surface area contributed by atoms with E-state index in [1.54, 1.807) is 0 Å². The van der Waals surface area contributed by atoms with Gasteiger partial charge in [0.2, 0.25) is 12.7 Å². The zero-order valence-corrected chi connectivity index (χ0v) is 14.0. The van der Waals surface area contributed by atoms with Crippen LogP contribution in [0, 0.1) is 0 Å². The van der Waals surface area contributed by atoms with E-state index in [1.807, 2.05) is 25.1 Å². The van der Waals surface area contributed by atoms with Gasteiger partial charge in [-0.15, -0.1) is 0 Å². The summed E-state index contributed by atoms with van der Waals surface area (Å²) in [6, 6.07) is 5.85. The zero-order chi connectivity index (χ0) is 16.4. The van der Waals surface area contributed by atoms with E-state index < -0.39 is 0 Å². The summed E-state index contributed by atoms with van der Waals surface area (Å²) in [5, 5.41) is 2.98. The van der Waals surface area contributed by atoms with Gasteiger partial charge in [-0.1, -0.05) is 0 Å². The lowest BCUT2D eigenvalue weighted by Crippen LogP contribution is -2.51. The number of amides is 1. The largest absolute Gasteiger partial charge is 0.454 e. The number of carbonyl (C=O) groups excluding carboxylic acids is 1. The zero-order valence-electron chi connectivity index (χ0n) is 14.0. The van der Waals surface area contributed by atoms with Crippen LogP contribution in [0.4, 0.5) is 5.69 Å². The van der Waals surface area contributed by atoms with E-state index in [0.29, 0.717) is 11.8 Å². The molecule has 1 aromatic carbocycles. The molecule has 2 aliphatic rings. The van der Waals surface area contributed by atoms with Crippen LogP contribution < -0.4 is 14.8 Å². The van der Waals surface area contributed by atoms with Crippen molar-refractivity contribution < 1.29 is 14.3 Å². The normalized spacial score (nSPS) is 22.2. The minimum Gasteiger partial charge on any atom is -0.454 e.